The first-order valence-electron chi connectivity index (χ1n) is 7.71. The fourth-order valence-electron chi connectivity index (χ4n) is 3.76. The number of guanidine groups is 1. The molecule has 4 heteroatoms. The van der Waals surface area contributed by atoms with Crippen LogP contribution in [0.3, 0.4) is 0 Å². The zero-order valence-electron chi connectivity index (χ0n) is 12.4. The second-order valence-corrected chi connectivity index (χ2v) is 6.92. The third kappa shape index (κ3) is 2.47. The van der Waals surface area contributed by atoms with Crippen LogP contribution in [0.25, 0.3) is 0 Å². The number of nitrogens with zero attached hydrogens (tertiary/aromatic N) is 1. The van der Waals surface area contributed by atoms with Crippen LogP contribution >= 0.6 is 0 Å². The van der Waals surface area contributed by atoms with Gasteiger partial charge < -0.3 is 15.4 Å². The van der Waals surface area contributed by atoms with E-state index < -0.39 is 0 Å². The Labute approximate surface area is 116 Å². The zero-order valence-corrected chi connectivity index (χ0v) is 12.4. The lowest BCUT2D eigenvalue weighted by Gasteiger charge is -2.54. The first-order valence-corrected chi connectivity index (χ1v) is 7.71. The van der Waals surface area contributed by atoms with Crippen LogP contribution < -0.4 is 10.6 Å². The Morgan fingerprint density at radius 1 is 1.32 bits per heavy atom. The number of fused-ring (bicyclic) bond motifs is 1. The van der Waals surface area contributed by atoms with E-state index in [-0.39, 0.29) is 5.41 Å². The summed E-state index contributed by atoms with van der Waals surface area (Å²) in [6.45, 7) is 6.57. The molecule has 0 bridgehead atoms. The Bertz CT molecular complexity index is 362. The summed E-state index contributed by atoms with van der Waals surface area (Å²) in [7, 11) is 1.86. The lowest BCUT2D eigenvalue weighted by molar-refractivity contribution is -0.106. The molecule has 0 radical (unpaired) electrons. The van der Waals surface area contributed by atoms with Gasteiger partial charge in [-0.1, -0.05) is 26.7 Å². The van der Waals surface area contributed by atoms with Crippen LogP contribution in [0.4, 0.5) is 0 Å². The average molecular weight is 265 g/mol. The molecule has 1 aliphatic heterocycles. The predicted molar refractivity (Wildman–Crippen MR) is 77.3 cm³/mol. The van der Waals surface area contributed by atoms with Gasteiger partial charge in [0, 0.05) is 37.6 Å². The molecular formula is C15H27N3O. The molecule has 19 heavy (non-hydrogen) atoms. The molecule has 3 aliphatic rings. The molecule has 1 heterocycles. The molecule has 0 aromatic carbocycles. The molecule has 108 valence electrons. The second-order valence-electron chi connectivity index (χ2n) is 6.92. The minimum Gasteiger partial charge on any atom is -0.377 e. The van der Waals surface area contributed by atoms with Crippen molar-refractivity contribution >= 4 is 5.96 Å². The van der Waals surface area contributed by atoms with Gasteiger partial charge in [0.1, 0.15) is 0 Å². The summed E-state index contributed by atoms with van der Waals surface area (Å²) in [6.07, 6.45) is 5.75. The summed E-state index contributed by atoms with van der Waals surface area (Å²) in [6, 6.07) is 0.493. The minimum absolute atomic E-state index is 0.218. The highest BCUT2D eigenvalue weighted by Gasteiger charge is 2.59. The van der Waals surface area contributed by atoms with Gasteiger partial charge in [-0.25, -0.2) is 0 Å². The largest absolute Gasteiger partial charge is 0.377 e. The molecule has 3 unspecified atom stereocenters. The summed E-state index contributed by atoms with van der Waals surface area (Å²) >= 11 is 0. The molecule has 3 atom stereocenters. The third-order valence-corrected chi connectivity index (χ3v) is 5.16. The smallest absolute Gasteiger partial charge is 0.191 e. The topological polar surface area (TPSA) is 45.7 Å². The standard InChI is InChI=1S/C15H27N3O/c1-15(2)12(11-7-9-19-13(11)15)18-14(16-3)17-8-6-10-4-5-10/h10-13H,4-9H2,1-3H3,(H2,16,17,18). The highest BCUT2D eigenvalue weighted by atomic mass is 16.5. The Morgan fingerprint density at radius 2 is 2.11 bits per heavy atom. The molecule has 2 N–H and O–H groups in total. The second kappa shape index (κ2) is 4.97. The van der Waals surface area contributed by atoms with Gasteiger partial charge in [-0.05, 0) is 18.8 Å². The molecule has 0 aromatic rings. The third-order valence-electron chi connectivity index (χ3n) is 5.16. The number of aliphatic imine (C=N–C) groups is 1. The van der Waals surface area contributed by atoms with Crippen LogP contribution in [0.5, 0.6) is 0 Å². The van der Waals surface area contributed by atoms with Gasteiger partial charge >= 0.3 is 0 Å². The first kappa shape index (κ1) is 13.2. The molecule has 0 spiro atoms. The fourth-order valence-corrected chi connectivity index (χ4v) is 3.76. The normalized spacial score (nSPS) is 36.6. The van der Waals surface area contributed by atoms with Gasteiger partial charge in [0.15, 0.2) is 5.96 Å². The van der Waals surface area contributed by atoms with Crippen molar-refractivity contribution in [1.29, 1.82) is 0 Å². The van der Waals surface area contributed by atoms with Crippen LogP contribution in [0, 0.1) is 17.3 Å². The van der Waals surface area contributed by atoms with E-state index >= 15 is 0 Å². The number of hydrogen-bond donors (Lipinski definition) is 2. The highest BCUT2D eigenvalue weighted by molar-refractivity contribution is 5.80. The molecule has 2 saturated carbocycles. The Morgan fingerprint density at radius 3 is 2.79 bits per heavy atom. The number of nitrogens with one attached hydrogen (secondary N) is 2. The molecule has 2 aliphatic carbocycles. The highest BCUT2D eigenvalue weighted by Crippen LogP contribution is 2.52. The number of rotatable bonds is 4. The van der Waals surface area contributed by atoms with E-state index in [1.807, 2.05) is 7.05 Å². The maximum Gasteiger partial charge on any atom is 0.191 e. The molecular weight excluding hydrogens is 238 g/mol. The number of hydrogen-bond acceptors (Lipinski definition) is 2. The van der Waals surface area contributed by atoms with E-state index in [0.29, 0.717) is 18.1 Å². The summed E-state index contributed by atoms with van der Waals surface area (Å²) in [5, 5.41) is 7.07. The fraction of sp³-hybridized carbons (Fsp3) is 0.933. The van der Waals surface area contributed by atoms with Crippen LogP contribution in [-0.4, -0.2) is 38.3 Å². The summed E-state index contributed by atoms with van der Waals surface area (Å²) in [5.41, 5.74) is 0.218. The van der Waals surface area contributed by atoms with Gasteiger partial charge in [0.25, 0.3) is 0 Å². The van der Waals surface area contributed by atoms with Crippen LogP contribution in [0.2, 0.25) is 0 Å². The summed E-state index contributed by atoms with van der Waals surface area (Å²) in [4.78, 5) is 4.36. The molecule has 1 saturated heterocycles. The van der Waals surface area contributed by atoms with Crippen molar-refractivity contribution in [2.75, 3.05) is 20.2 Å². The quantitative estimate of drug-likeness (QED) is 0.601. The van der Waals surface area contributed by atoms with Crippen LogP contribution in [-0.2, 0) is 4.74 Å². The SMILES string of the molecule is CN=C(NCCC1CC1)NC1C2CCOC2C1(C)C. The Kier molecular flexibility index (Phi) is 3.46. The van der Waals surface area contributed by atoms with Crippen molar-refractivity contribution in [2.24, 2.45) is 22.2 Å². The van der Waals surface area contributed by atoms with Crippen molar-refractivity contribution < 1.29 is 4.74 Å². The van der Waals surface area contributed by atoms with Gasteiger partial charge in [-0.3, -0.25) is 4.99 Å². The van der Waals surface area contributed by atoms with Crippen LogP contribution in [0.1, 0.15) is 39.5 Å². The summed E-state index contributed by atoms with van der Waals surface area (Å²) in [5.74, 6) is 2.60. The van der Waals surface area contributed by atoms with Crippen LogP contribution in [0.15, 0.2) is 4.99 Å². The van der Waals surface area contributed by atoms with E-state index in [0.717, 1.165) is 25.0 Å². The molecule has 3 rings (SSSR count). The zero-order chi connectivity index (χ0) is 13.5. The summed E-state index contributed by atoms with van der Waals surface area (Å²) < 4.78 is 5.83. The number of ether oxygens (including phenoxy) is 1. The van der Waals surface area contributed by atoms with E-state index in [2.05, 4.69) is 29.5 Å². The maximum absolute atomic E-state index is 5.83. The van der Waals surface area contributed by atoms with Crippen molar-refractivity contribution in [3.63, 3.8) is 0 Å². The minimum atomic E-state index is 0.218. The van der Waals surface area contributed by atoms with E-state index in [9.17, 15) is 0 Å². The van der Waals surface area contributed by atoms with Gasteiger partial charge in [-0.2, -0.15) is 0 Å². The monoisotopic (exact) mass is 265 g/mol. The molecule has 4 nitrogen and oxygen atoms in total. The maximum atomic E-state index is 5.83. The van der Waals surface area contributed by atoms with Crippen molar-refractivity contribution in [3.05, 3.63) is 0 Å². The van der Waals surface area contributed by atoms with Gasteiger partial charge in [0.2, 0.25) is 0 Å². The van der Waals surface area contributed by atoms with Crippen molar-refractivity contribution in [3.8, 4) is 0 Å². The lowest BCUT2D eigenvalue weighted by atomic mass is 9.57. The lowest BCUT2D eigenvalue weighted by Crippen LogP contribution is -2.67. The Hall–Kier alpha value is -0.770. The average Bonchev–Trinajstić information content (AvgIpc) is 3.09. The van der Waals surface area contributed by atoms with Gasteiger partial charge in [-0.15, -0.1) is 0 Å². The van der Waals surface area contributed by atoms with Crippen molar-refractivity contribution in [2.45, 2.75) is 51.7 Å². The Balaban J connectivity index is 1.50. The van der Waals surface area contributed by atoms with E-state index in [4.69, 9.17) is 4.74 Å². The van der Waals surface area contributed by atoms with E-state index in [1.165, 1.54) is 25.7 Å². The predicted octanol–water partition coefficient (Wildman–Crippen LogP) is 1.76. The van der Waals surface area contributed by atoms with Gasteiger partial charge in [0.05, 0.1) is 6.10 Å². The molecule has 0 amide bonds. The van der Waals surface area contributed by atoms with E-state index in [1.54, 1.807) is 0 Å². The molecule has 0 aromatic heterocycles. The van der Waals surface area contributed by atoms with Crippen molar-refractivity contribution in [1.82, 2.24) is 10.6 Å². The molecule has 3 fully saturated rings. The first-order chi connectivity index (χ1) is 9.13.